The molecule has 1 aliphatic rings. The zero-order valence-corrected chi connectivity index (χ0v) is 9.03. The number of pyridine rings is 1. The fourth-order valence-electron chi connectivity index (χ4n) is 1.90. The van der Waals surface area contributed by atoms with Crippen molar-refractivity contribution in [1.29, 1.82) is 0 Å². The van der Waals surface area contributed by atoms with Gasteiger partial charge in [0.05, 0.1) is 10.5 Å². The summed E-state index contributed by atoms with van der Waals surface area (Å²) in [6, 6.07) is 6.07. The number of aryl methyl sites for hydroxylation is 1. The van der Waals surface area contributed by atoms with Crippen LogP contribution in [0.2, 0.25) is 5.02 Å². The third-order valence-electron chi connectivity index (χ3n) is 2.53. The van der Waals surface area contributed by atoms with Gasteiger partial charge >= 0.3 is 0 Å². The molecule has 3 heteroatoms. The van der Waals surface area contributed by atoms with Crippen LogP contribution >= 0.6 is 23.4 Å². The van der Waals surface area contributed by atoms with Gasteiger partial charge in [0.2, 0.25) is 0 Å². The Morgan fingerprint density at radius 2 is 2.21 bits per heavy atom. The summed E-state index contributed by atoms with van der Waals surface area (Å²) in [7, 11) is 0. The molecule has 0 saturated carbocycles. The van der Waals surface area contributed by atoms with E-state index in [1.807, 2.05) is 17.8 Å². The highest BCUT2D eigenvalue weighted by Gasteiger charge is 2.16. The second kappa shape index (κ2) is 3.14. The Bertz CT molecular complexity index is 510. The van der Waals surface area contributed by atoms with Crippen LogP contribution in [0.5, 0.6) is 0 Å². The lowest BCUT2D eigenvalue weighted by atomic mass is 10.1. The number of halogens is 1. The number of aromatic nitrogens is 1. The fraction of sp³-hybridized carbons (Fsp3) is 0.182. The molecule has 0 aliphatic carbocycles. The maximum Gasteiger partial charge on any atom is 0.0720 e. The maximum absolute atomic E-state index is 6.19. The summed E-state index contributed by atoms with van der Waals surface area (Å²) in [6.45, 7) is 0. The summed E-state index contributed by atoms with van der Waals surface area (Å²) in [4.78, 5) is 5.69. The number of thioether (sulfide) groups is 1. The van der Waals surface area contributed by atoms with E-state index < -0.39 is 0 Å². The first kappa shape index (κ1) is 8.57. The first-order valence-corrected chi connectivity index (χ1v) is 5.91. The van der Waals surface area contributed by atoms with Crippen molar-refractivity contribution in [3.8, 4) is 0 Å². The van der Waals surface area contributed by atoms with Crippen molar-refractivity contribution in [3.63, 3.8) is 0 Å². The number of nitrogens with zero attached hydrogens (tertiary/aromatic N) is 1. The summed E-state index contributed by atoms with van der Waals surface area (Å²) in [5.74, 6) is 1.17. The molecule has 1 aromatic heterocycles. The maximum atomic E-state index is 6.19. The molecule has 70 valence electrons. The van der Waals surface area contributed by atoms with E-state index in [0.29, 0.717) is 0 Å². The van der Waals surface area contributed by atoms with E-state index in [2.05, 4.69) is 17.1 Å². The standard InChI is InChI=1S/C11H8ClNS/c12-8-3-5-13-9-1-2-10-7(11(8)9)4-6-14-10/h1-3,5H,4,6H2. The Kier molecular flexibility index (Phi) is 1.92. The first-order valence-electron chi connectivity index (χ1n) is 4.55. The molecule has 0 amide bonds. The molecular weight excluding hydrogens is 214 g/mol. The predicted octanol–water partition coefficient (Wildman–Crippen LogP) is 3.54. The highest BCUT2D eigenvalue weighted by Crippen LogP contribution is 2.38. The SMILES string of the molecule is Clc1ccnc2ccc3c(c12)CCS3. The van der Waals surface area contributed by atoms with Crippen LogP contribution in [0.15, 0.2) is 29.3 Å². The molecule has 2 aromatic rings. The third kappa shape index (κ3) is 1.14. The Hall–Kier alpha value is -0.730. The monoisotopic (exact) mass is 221 g/mol. The third-order valence-corrected chi connectivity index (χ3v) is 3.95. The van der Waals surface area contributed by atoms with Gasteiger partial charge < -0.3 is 0 Å². The van der Waals surface area contributed by atoms with E-state index in [0.717, 1.165) is 22.3 Å². The molecule has 0 saturated heterocycles. The molecular formula is C11H8ClNS. The molecule has 0 N–H and O–H groups in total. The zero-order valence-electron chi connectivity index (χ0n) is 7.46. The average Bonchev–Trinajstić information content (AvgIpc) is 2.65. The van der Waals surface area contributed by atoms with Crippen molar-refractivity contribution in [2.45, 2.75) is 11.3 Å². The summed E-state index contributed by atoms with van der Waals surface area (Å²) in [5.41, 5.74) is 2.39. The van der Waals surface area contributed by atoms with Crippen molar-refractivity contribution in [3.05, 3.63) is 35.0 Å². The molecule has 3 rings (SSSR count). The van der Waals surface area contributed by atoms with Crippen LogP contribution in [0.4, 0.5) is 0 Å². The number of hydrogen-bond donors (Lipinski definition) is 0. The number of fused-ring (bicyclic) bond motifs is 3. The van der Waals surface area contributed by atoms with Crippen LogP contribution in [0.25, 0.3) is 10.9 Å². The summed E-state index contributed by atoms with van der Waals surface area (Å²) >= 11 is 8.10. The highest BCUT2D eigenvalue weighted by atomic mass is 35.5. The lowest BCUT2D eigenvalue weighted by molar-refractivity contribution is 1.17. The molecule has 0 bridgehead atoms. The molecule has 2 heterocycles. The fourth-order valence-corrected chi connectivity index (χ4v) is 3.24. The normalized spacial score (nSPS) is 14.6. The minimum absolute atomic E-state index is 0.828. The van der Waals surface area contributed by atoms with Gasteiger partial charge in [-0.1, -0.05) is 11.6 Å². The second-order valence-corrected chi connectivity index (χ2v) is 4.87. The van der Waals surface area contributed by atoms with E-state index in [9.17, 15) is 0 Å². The molecule has 1 aliphatic heterocycles. The van der Waals surface area contributed by atoms with Gasteiger partial charge in [0, 0.05) is 22.2 Å². The summed E-state index contributed by atoms with van der Waals surface area (Å²) in [5, 5.41) is 1.98. The lowest BCUT2D eigenvalue weighted by Gasteiger charge is -2.05. The van der Waals surface area contributed by atoms with Gasteiger partial charge in [-0.05, 0) is 30.2 Å². The van der Waals surface area contributed by atoms with Crippen molar-refractivity contribution in [2.24, 2.45) is 0 Å². The van der Waals surface area contributed by atoms with Crippen LogP contribution in [0.3, 0.4) is 0 Å². The van der Waals surface area contributed by atoms with Crippen LogP contribution < -0.4 is 0 Å². The zero-order chi connectivity index (χ0) is 9.54. The van der Waals surface area contributed by atoms with Gasteiger partial charge in [0.15, 0.2) is 0 Å². The van der Waals surface area contributed by atoms with E-state index in [-0.39, 0.29) is 0 Å². The minimum Gasteiger partial charge on any atom is -0.256 e. The van der Waals surface area contributed by atoms with Gasteiger partial charge in [-0.3, -0.25) is 4.98 Å². The second-order valence-electron chi connectivity index (χ2n) is 3.33. The van der Waals surface area contributed by atoms with E-state index in [1.165, 1.54) is 16.2 Å². The van der Waals surface area contributed by atoms with Crippen molar-refractivity contribution in [1.82, 2.24) is 4.98 Å². The smallest absolute Gasteiger partial charge is 0.0720 e. The predicted molar refractivity (Wildman–Crippen MR) is 61.2 cm³/mol. The Morgan fingerprint density at radius 1 is 1.29 bits per heavy atom. The number of rotatable bonds is 0. The minimum atomic E-state index is 0.828. The van der Waals surface area contributed by atoms with E-state index in [1.54, 1.807) is 6.20 Å². The van der Waals surface area contributed by atoms with Crippen molar-refractivity contribution in [2.75, 3.05) is 5.75 Å². The van der Waals surface area contributed by atoms with Crippen LogP contribution in [-0.2, 0) is 6.42 Å². The quantitative estimate of drug-likeness (QED) is 0.675. The molecule has 0 radical (unpaired) electrons. The van der Waals surface area contributed by atoms with Gasteiger partial charge in [0.25, 0.3) is 0 Å². The molecule has 1 nitrogen and oxygen atoms in total. The Morgan fingerprint density at radius 3 is 3.14 bits per heavy atom. The molecule has 0 spiro atoms. The topological polar surface area (TPSA) is 12.9 Å². The molecule has 1 aromatic carbocycles. The summed E-state index contributed by atoms with van der Waals surface area (Å²) in [6.07, 6.45) is 2.88. The molecule has 0 fully saturated rings. The largest absolute Gasteiger partial charge is 0.256 e. The van der Waals surface area contributed by atoms with Crippen LogP contribution in [-0.4, -0.2) is 10.7 Å². The van der Waals surface area contributed by atoms with Gasteiger partial charge in [-0.15, -0.1) is 11.8 Å². The molecule has 0 atom stereocenters. The molecule has 0 unspecified atom stereocenters. The van der Waals surface area contributed by atoms with E-state index >= 15 is 0 Å². The van der Waals surface area contributed by atoms with Gasteiger partial charge in [-0.2, -0.15) is 0 Å². The molecule has 14 heavy (non-hydrogen) atoms. The Labute approximate surface area is 91.5 Å². The van der Waals surface area contributed by atoms with Crippen molar-refractivity contribution < 1.29 is 0 Å². The highest BCUT2D eigenvalue weighted by molar-refractivity contribution is 7.99. The summed E-state index contributed by atoms with van der Waals surface area (Å²) < 4.78 is 0. The van der Waals surface area contributed by atoms with Crippen LogP contribution in [0.1, 0.15) is 5.56 Å². The van der Waals surface area contributed by atoms with Crippen LogP contribution in [0, 0.1) is 0 Å². The van der Waals surface area contributed by atoms with Gasteiger partial charge in [0.1, 0.15) is 0 Å². The van der Waals surface area contributed by atoms with Gasteiger partial charge in [-0.25, -0.2) is 0 Å². The van der Waals surface area contributed by atoms with E-state index in [4.69, 9.17) is 11.6 Å². The Balaban J connectivity index is 2.47. The first-order chi connectivity index (χ1) is 6.86. The average molecular weight is 222 g/mol. The van der Waals surface area contributed by atoms with Crippen molar-refractivity contribution >= 4 is 34.3 Å². The lowest BCUT2D eigenvalue weighted by Crippen LogP contribution is -1.87. The number of hydrogen-bond acceptors (Lipinski definition) is 2. The number of benzene rings is 1.